The van der Waals surface area contributed by atoms with E-state index in [1.165, 1.54) is 26.0 Å². The van der Waals surface area contributed by atoms with Crippen molar-refractivity contribution in [2.24, 2.45) is 0 Å². The summed E-state index contributed by atoms with van der Waals surface area (Å²) < 4.78 is 17.9. The van der Waals surface area contributed by atoms with Crippen molar-refractivity contribution in [1.82, 2.24) is 0 Å². The van der Waals surface area contributed by atoms with Crippen LogP contribution in [0.4, 0.5) is 0 Å². The molecule has 8 heteroatoms. The van der Waals surface area contributed by atoms with Gasteiger partial charge in [0.1, 0.15) is 0 Å². The van der Waals surface area contributed by atoms with E-state index < -0.39 is 39.1 Å². The van der Waals surface area contributed by atoms with Gasteiger partial charge in [-0.3, -0.25) is 0 Å². The molecule has 0 N–H and O–H groups in total. The van der Waals surface area contributed by atoms with Gasteiger partial charge in [-0.15, -0.1) is 0 Å². The number of ketones is 1. The predicted molar refractivity (Wildman–Crippen MR) is 134 cm³/mol. The van der Waals surface area contributed by atoms with Crippen LogP contribution in [0.15, 0.2) is 97.1 Å². The Morgan fingerprint density at radius 3 is 1.58 bits per heavy atom. The molecule has 0 radical (unpaired) electrons. The van der Waals surface area contributed by atoms with E-state index in [0.717, 1.165) is 7.14 Å². The van der Waals surface area contributed by atoms with Gasteiger partial charge in [-0.05, 0) is 0 Å². The minimum atomic E-state index is -0.625. The summed E-state index contributed by atoms with van der Waals surface area (Å²) in [4.78, 5) is 48.2. The third kappa shape index (κ3) is 6.92. The first-order valence-corrected chi connectivity index (χ1v) is 13.6. The van der Waals surface area contributed by atoms with Gasteiger partial charge in [0, 0.05) is 0 Å². The van der Waals surface area contributed by atoms with Crippen LogP contribution in [-0.4, -0.2) is 23.7 Å². The fourth-order valence-electron chi connectivity index (χ4n) is 3.45. The zero-order valence-corrected chi connectivity index (χ0v) is 22.6. The number of halogens is 1. The van der Waals surface area contributed by atoms with Crippen LogP contribution in [0.3, 0.4) is 0 Å². The third-order valence-electron chi connectivity index (χ3n) is 5.09. The number of benzene rings is 4. The molecule has 0 atom stereocenters. The third-order valence-corrected chi connectivity index (χ3v) is 7.78. The Morgan fingerprint density at radius 1 is 0.553 bits per heavy atom. The van der Waals surface area contributed by atoms with Crippen molar-refractivity contribution in [3.8, 4) is 17.2 Å². The standard InChI is InChI=1S/C30H22IO7/c1-19(32)36-27-9-5-3-7-25(27)29(34)21-11-13-22(14-12-21)31-23-15-17-24(18-16-23)38-30(35)26-8-4-6-10-28(26)37-20(2)33/h3-18H,1-2H3/q-1. The van der Waals surface area contributed by atoms with Crippen LogP contribution in [-0.2, 0) is 9.59 Å². The molecular formula is C30H22IO7-. The fraction of sp³-hybridized carbons (Fsp3) is 0.0667. The van der Waals surface area contributed by atoms with Crippen LogP contribution in [0.5, 0.6) is 17.2 Å². The first-order chi connectivity index (χ1) is 18.3. The molecule has 0 aromatic heterocycles. The molecule has 0 aliphatic rings. The van der Waals surface area contributed by atoms with Gasteiger partial charge >= 0.3 is 230 Å². The van der Waals surface area contributed by atoms with Crippen LogP contribution in [0, 0.1) is 7.14 Å². The number of carbonyl (C=O) groups is 4. The van der Waals surface area contributed by atoms with Crippen molar-refractivity contribution in [3.63, 3.8) is 0 Å². The van der Waals surface area contributed by atoms with E-state index in [2.05, 4.69) is 0 Å². The molecule has 7 nitrogen and oxygen atoms in total. The first-order valence-electron chi connectivity index (χ1n) is 11.5. The average Bonchev–Trinajstić information content (AvgIpc) is 2.90. The van der Waals surface area contributed by atoms with E-state index >= 15 is 0 Å². The summed E-state index contributed by atoms with van der Waals surface area (Å²) >= 11 is -0.550. The fourth-order valence-corrected chi connectivity index (χ4v) is 5.61. The number of rotatable bonds is 8. The quantitative estimate of drug-likeness (QED) is 0.129. The second-order valence-electron chi connectivity index (χ2n) is 7.95. The van der Waals surface area contributed by atoms with Gasteiger partial charge in [-0.25, -0.2) is 0 Å². The normalized spacial score (nSPS) is 10.5. The van der Waals surface area contributed by atoms with E-state index in [-0.39, 0.29) is 22.8 Å². The van der Waals surface area contributed by atoms with E-state index in [9.17, 15) is 19.2 Å². The molecule has 0 bridgehead atoms. The van der Waals surface area contributed by atoms with Gasteiger partial charge in [0.25, 0.3) is 0 Å². The van der Waals surface area contributed by atoms with E-state index in [1.807, 2.05) is 24.3 Å². The summed E-state index contributed by atoms with van der Waals surface area (Å²) in [7, 11) is 0. The Hall–Kier alpha value is -4.31. The summed E-state index contributed by atoms with van der Waals surface area (Å²) in [6, 6.07) is 27.6. The van der Waals surface area contributed by atoms with E-state index in [1.54, 1.807) is 60.7 Å². The van der Waals surface area contributed by atoms with Crippen LogP contribution in [0.2, 0.25) is 0 Å². The van der Waals surface area contributed by atoms with Gasteiger partial charge in [-0.1, -0.05) is 0 Å². The Balaban J connectivity index is 1.41. The van der Waals surface area contributed by atoms with Gasteiger partial charge in [-0.2, -0.15) is 0 Å². The van der Waals surface area contributed by atoms with Crippen molar-refractivity contribution in [2.75, 3.05) is 0 Å². The number of esters is 3. The van der Waals surface area contributed by atoms with E-state index in [4.69, 9.17) is 14.2 Å². The Morgan fingerprint density at radius 2 is 1.03 bits per heavy atom. The monoisotopic (exact) mass is 621 g/mol. The summed E-state index contributed by atoms with van der Waals surface area (Å²) in [5.74, 6) is -1.12. The van der Waals surface area contributed by atoms with Crippen LogP contribution in [0.25, 0.3) is 0 Å². The summed E-state index contributed by atoms with van der Waals surface area (Å²) in [5, 5.41) is 0. The van der Waals surface area contributed by atoms with E-state index in [0.29, 0.717) is 16.9 Å². The molecule has 0 heterocycles. The Bertz CT molecular complexity index is 1490. The number of hydrogen-bond donors (Lipinski definition) is 0. The molecule has 4 rings (SSSR count). The maximum atomic E-state index is 13.0. The molecule has 192 valence electrons. The molecule has 0 amide bonds. The molecule has 0 aliphatic heterocycles. The second-order valence-corrected chi connectivity index (χ2v) is 11.0. The van der Waals surface area contributed by atoms with Crippen LogP contribution < -0.4 is 35.4 Å². The van der Waals surface area contributed by atoms with Gasteiger partial charge in [0.05, 0.1) is 0 Å². The molecule has 38 heavy (non-hydrogen) atoms. The molecule has 0 unspecified atom stereocenters. The molecule has 0 saturated heterocycles. The number of para-hydroxylation sites is 2. The van der Waals surface area contributed by atoms with Crippen molar-refractivity contribution in [2.45, 2.75) is 13.8 Å². The van der Waals surface area contributed by atoms with Crippen molar-refractivity contribution >= 4 is 23.7 Å². The molecule has 0 fully saturated rings. The van der Waals surface area contributed by atoms with Gasteiger partial charge < -0.3 is 0 Å². The first kappa shape index (κ1) is 26.7. The van der Waals surface area contributed by atoms with Crippen LogP contribution in [0.1, 0.15) is 40.1 Å². The van der Waals surface area contributed by atoms with Crippen molar-refractivity contribution in [1.29, 1.82) is 0 Å². The second kappa shape index (κ2) is 12.3. The Labute approximate surface area is 229 Å². The minimum absolute atomic E-state index is 0.143. The molecule has 4 aromatic rings. The Kier molecular flexibility index (Phi) is 8.65. The SMILES string of the molecule is CC(=O)Oc1ccccc1C(=O)Oc1ccc([I-]c2ccc(C(=O)c3ccccc3OC(C)=O)cc2)cc1. The zero-order valence-electron chi connectivity index (χ0n) is 20.5. The molecule has 4 aromatic carbocycles. The summed E-state index contributed by atoms with van der Waals surface area (Å²) in [6.07, 6.45) is 0. The van der Waals surface area contributed by atoms with Gasteiger partial charge in [0.2, 0.25) is 0 Å². The summed E-state index contributed by atoms with van der Waals surface area (Å²) in [6.45, 7) is 2.56. The zero-order chi connectivity index (χ0) is 27.1. The number of ether oxygens (including phenoxy) is 3. The van der Waals surface area contributed by atoms with Crippen molar-refractivity contribution in [3.05, 3.63) is 121 Å². The number of hydrogen-bond acceptors (Lipinski definition) is 7. The number of carbonyl (C=O) groups excluding carboxylic acids is 4. The molecule has 0 aliphatic carbocycles. The average molecular weight is 621 g/mol. The predicted octanol–water partition coefficient (Wildman–Crippen LogP) is 2.12. The molecule has 0 saturated carbocycles. The maximum absolute atomic E-state index is 13.0. The topological polar surface area (TPSA) is 96.0 Å². The van der Waals surface area contributed by atoms with Crippen molar-refractivity contribution < 1.29 is 54.6 Å². The van der Waals surface area contributed by atoms with Gasteiger partial charge in [0.15, 0.2) is 0 Å². The molecular weight excluding hydrogens is 599 g/mol. The van der Waals surface area contributed by atoms with Crippen LogP contribution >= 0.6 is 0 Å². The molecule has 0 spiro atoms. The summed E-state index contributed by atoms with van der Waals surface area (Å²) in [5.41, 5.74) is 0.976.